The Morgan fingerprint density at radius 3 is 2.23 bits per heavy atom. The van der Waals surface area contributed by atoms with Crippen molar-refractivity contribution in [1.29, 1.82) is 0 Å². The third-order valence-electron chi connectivity index (χ3n) is 7.73. The van der Waals surface area contributed by atoms with Gasteiger partial charge in [-0.15, -0.1) is 0 Å². The quantitative estimate of drug-likeness (QED) is 0.250. The summed E-state index contributed by atoms with van der Waals surface area (Å²) in [5.74, 6) is -1.06. The number of alkyl halides is 1. The standard InChI is InChI=1S/C26H47FN2O10/c1-7-16-15(31)9-14(29-25(34)39-26(4,5)6)23(35-16)37-21-11(2)8-13(28)22(18(21)27)38-24-20(33)12(3)19(32)17(10-30)36-24/h11-24,30-33H,7-10,28H2,1-6H3,(H,29,34). The van der Waals surface area contributed by atoms with Crippen LogP contribution in [0.3, 0.4) is 0 Å². The van der Waals surface area contributed by atoms with E-state index in [0.29, 0.717) is 12.8 Å². The summed E-state index contributed by atoms with van der Waals surface area (Å²) in [5.41, 5.74) is 5.51. The monoisotopic (exact) mass is 566 g/mol. The number of rotatable bonds is 7. The molecule has 0 aromatic heterocycles. The van der Waals surface area contributed by atoms with Crippen LogP contribution in [-0.4, -0.2) is 112 Å². The van der Waals surface area contributed by atoms with Gasteiger partial charge in [0.25, 0.3) is 0 Å². The number of carbonyl (C=O) groups is 1. The molecule has 0 spiro atoms. The van der Waals surface area contributed by atoms with Crippen molar-refractivity contribution in [2.24, 2.45) is 17.6 Å². The minimum Gasteiger partial charge on any atom is -0.444 e. The SMILES string of the molecule is CCC1OC(OC2C(C)CC(N)C(OC3OC(CO)C(O)C(C)C3O)C2F)C(NC(=O)OC(C)(C)C)CC1O. The summed E-state index contributed by atoms with van der Waals surface area (Å²) in [6.45, 7) is 9.85. The summed E-state index contributed by atoms with van der Waals surface area (Å²) in [6.07, 6.45) is -11.2. The topological polar surface area (TPSA) is 182 Å². The third-order valence-corrected chi connectivity index (χ3v) is 7.73. The molecule has 1 aliphatic carbocycles. The molecule has 0 aromatic carbocycles. The smallest absolute Gasteiger partial charge is 0.408 e. The van der Waals surface area contributed by atoms with E-state index in [9.17, 15) is 25.2 Å². The molecule has 0 aromatic rings. The number of amides is 1. The third kappa shape index (κ3) is 7.77. The molecule has 3 rings (SSSR count). The Balaban J connectivity index is 1.76. The first kappa shape index (κ1) is 32.4. The maximum absolute atomic E-state index is 16.1. The Morgan fingerprint density at radius 2 is 1.64 bits per heavy atom. The number of ether oxygens (including phenoxy) is 5. The molecule has 13 heteroatoms. The molecule has 14 atom stereocenters. The van der Waals surface area contributed by atoms with Crippen molar-refractivity contribution >= 4 is 6.09 Å². The van der Waals surface area contributed by atoms with Crippen LogP contribution in [0.4, 0.5) is 9.18 Å². The van der Waals surface area contributed by atoms with E-state index in [0.717, 1.165) is 0 Å². The van der Waals surface area contributed by atoms with Gasteiger partial charge in [-0.1, -0.05) is 20.8 Å². The molecule has 228 valence electrons. The second kappa shape index (κ2) is 13.2. The van der Waals surface area contributed by atoms with Crippen LogP contribution in [0.25, 0.3) is 0 Å². The molecule has 2 heterocycles. The van der Waals surface area contributed by atoms with Crippen LogP contribution < -0.4 is 11.1 Å². The predicted molar refractivity (Wildman–Crippen MR) is 136 cm³/mol. The Morgan fingerprint density at radius 1 is 1.03 bits per heavy atom. The number of nitrogens with one attached hydrogen (secondary N) is 1. The molecule has 0 bridgehead atoms. The Kier molecular flexibility index (Phi) is 11.0. The van der Waals surface area contributed by atoms with Crippen LogP contribution in [0, 0.1) is 11.8 Å². The van der Waals surface area contributed by atoms with E-state index >= 15 is 4.39 Å². The van der Waals surface area contributed by atoms with E-state index in [1.807, 2.05) is 6.92 Å². The highest BCUT2D eigenvalue weighted by Crippen LogP contribution is 2.36. The highest BCUT2D eigenvalue weighted by molar-refractivity contribution is 5.68. The first-order chi connectivity index (χ1) is 18.2. The zero-order chi connectivity index (χ0) is 29.2. The van der Waals surface area contributed by atoms with Gasteiger partial charge in [-0.05, 0) is 39.5 Å². The van der Waals surface area contributed by atoms with Crippen LogP contribution in [0.1, 0.15) is 60.8 Å². The highest BCUT2D eigenvalue weighted by atomic mass is 19.1. The minimum absolute atomic E-state index is 0.116. The van der Waals surface area contributed by atoms with Gasteiger partial charge in [-0.2, -0.15) is 0 Å². The van der Waals surface area contributed by atoms with Crippen LogP contribution >= 0.6 is 0 Å². The lowest BCUT2D eigenvalue weighted by molar-refractivity contribution is -0.319. The summed E-state index contributed by atoms with van der Waals surface area (Å²) in [5, 5.41) is 43.6. The molecule has 1 amide bonds. The van der Waals surface area contributed by atoms with Crippen molar-refractivity contribution in [3.05, 3.63) is 0 Å². The lowest BCUT2D eigenvalue weighted by atomic mass is 9.81. The summed E-state index contributed by atoms with van der Waals surface area (Å²) in [6, 6.07) is -1.57. The van der Waals surface area contributed by atoms with E-state index in [1.54, 1.807) is 34.6 Å². The van der Waals surface area contributed by atoms with Gasteiger partial charge in [0.15, 0.2) is 18.8 Å². The zero-order valence-corrected chi connectivity index (χ0v) is 23.6. The summed E-state index contributed by atoms with van der Waals surface area (Å²) in [7, 11) is 0. The van der Waals surface area contributed by atoms with E-state index in [4.69, 9.17) is 29.4 Å². The number of halogens is 1. The van der Waals surface area contributed by atoms with Gasteiger partial charge in [0.2, 0.25) is 0 Å². The number of nitrogens with two attached hydrogens (primary N) is 1. The molecule has 12 nitrogen and oxygen atoms in total. The van der Waals surface area contributed by atoms with Crippen molar-refractivity contribution in [1.82, 2.24) is 5.32 Å². The molecule has 0 radical (unpaired) electrons. The average molecular weight is 567 g/mol. The number of aliphatic hydroxyl groups excluding tert-OH is 4. The molecule has 3 aliphatic rings. The van der Waals surface area contributed by atoms with Crippen molar-refractivity contribution in [3.63, 3.8) is 0 Å². The van der Waals surface area contributed by atoms with Crippen LogP contribution in [0.15, 0.2) is 0 Å². The van der Waals surface area contributed by atoms with E-state index in [-0.39, 0.29) is 12.3 Å². The first-order valence-corrected chi connectivity index (χ1v) is 13.8. The predicted octanol–water partition coefficient (Wildman–Crippen LogP) is 0.316. The van der Waals surface area contributed by atoms with Gasteiger partial charge in [-0.3, -0.25) is 0 Å². The molecule has 39 heavy (non-hydrogen) atoms. The van der Waals surface area contributed by atoms with Crippen LogP contribution in [0.2, 0.25) is 0 Å². The van der Waals surface area contributed by atoms with Crippen molar-refractivity contribution in [3.8, 4) is 0 Å². The maximum Gasteiger partial charge on any atom is 0.408 e. The second-order valence-corrected chi connectivity index (χ2v) is 12.1. The van der Waals surface area contributed by atoms with Gasteiger partial charge < -0.3 is 55.2 Å². The van der Waals surface area contributed by atoms with Crippen LogP contribution in [-0.2, 0) is 23.7 Å². The van der Waals surface area contributed by atoms with Crippen molar-refractivity contribution < 1.29 is 53.3 Å². The summed E-state index contributed by atoms with van der Waals surface area (Å²) in [4.78, 5) is 12.5. The van der Waals surface area contributed by atoms with Crippen molar-refractivity contribution in [2.45, 2.75) is 140 Å². The van der Waals surface area contributed by atoms with Gasteiger partial charge >= 0.3 is 6.09 Å². The number of aliphatic hydroxyl groups is 4. The molecule has 3 fully saturated rings. The molecule has 14 unspecified atom stereocenters. The molecule has 2 saturated heterocycles. The Labute approximate surface area is 229 Å². The lowest BCUT2D eigenvalue weighted by Crippen LogP contribution is -2.63. The van der Waals surface area contributed by atoms with Gasteiger partial charge in [0.05, 0.1) is 37.1 Å². The molecule has 1 saturated carbocycles. The van der Waals surface area contributed by atoms with E-state index in [1.165, 1.54) is 0 Å². The average Bonchev–Trinajstić information content (AvgIpc) is 2.84. The minimum atomic E-state index is -1.77. The first-order valence-electron chi connectivity index (χ1n) is 13.8. The molecule has 7 N–H and O–H groups in total. The fourth-order valence-corrected chi connectivity index (χ4v) is 5.48. The van der Waals surface area contributed by atoms with Gasteiger partial charge in [-0.25, -0.2) is 9.18 Å². The second-order valence-electron chi connectivity index (χ2n) is 12.1. The molecular formula is C26H47FN2O10. The maximum atomic E-state index is 16.1. The number of carbonyl (C=O) groups excluding carboxylic acids is 1. The number of hydrogen-bond acceptors (Lipinski definition) is 11. The summed E-state index contributed by atoms with van der Waals surface area (Å²) >= 11 is 0. The van der Waals surface area contributed by atoms with E-state index < -0.39 is 97.8 Å². The van der Waals surface area contributed by atoms with E-state index in [2.05, 4.69) is 5.32 Å². The fourth-order valence-electron chi connectivity index (χ4n) is 5.48. The van der Waals surface area contributed by atoms with Crippen LogP contribution in [0.5, 0.6) is 0 Å². The molecular weight excluding hydrogens is 519 g/mol. The largest absolute Gasteiger partial charge is 0.444 e. The normalized spacial score (nSPS) is 45.5. The Bertz CT molecular complexity index is 801. The summed E-state index contributed by atoms with van der Waals surface area (Å²) < 4.78 is 44.9. The lowest BCUT2D eigenvalue weighted by Gasteiger charge is -2.47. The number of hydrogen-bond donors (Lipinski definition) is 6. The highest BCUT2D eigenvalue weighted by Gasteiger charge is 2.51. The van der Waals surface area contributed by atoms with Crippen molar-refractivity contribution in [2.75, 3.05) is 6.61 Å². The fraction of sp³-hybridized carbons (Fsp3) is 0.962. The van der Waals surface area contributed by atoms with Gasteiger partial charge in [0.1, 0.15) is 23.9 Å². The van der Waals surface area contributed by atoms with Gasteiger partial charge in [0, 0.05) is 18.4 Å². The number of alkyl carbamates (subject to hydrolysis) is 1. The molecule has 2 aliphatic heterocycles. The Hall–Kier alpha value is -1.16. The zero-order valence-electron chi connectivity index (χ0n) is 23.6.